The molecule has 2 rings (SSSR count). The van der Waals surface area contributed by atoms with Gasteiger partial charge in [-0.1, -0.05) is 44.9 Å². The van der Waals surface area contributed by atoms with Crippen molar-refractivity contribution in [1.29, 1.82) is 0 Å². The Morgan fingerprint density at radius 2 is 1.47 bits per heavy atom. The Morgan fingerprint density at radius 1 is 0.882 bits per heavy atom. The fourth-order valence-corrected chi connectivity index (χ4v) is 3.76. The Bertz CT molecular complexity index is 203. The highest BCUT2D eigenvalue weighted by Crippen LogP contribution is 2.38. The van der Waals surface area contributed by atoms with Gasteiger partial charge in [0.15, 0.2) is 0 Å². The molecule has 0 amide bonds. The molecule has 17 heavy (non-hydrogen) atoms. The van der Waals surface area contributed by atoms with E-state index in [1.54, 1.807) is 0 Å². The maximum absolute atomic E-state index is 6.25. The van der Waals surface area contributed by atoms with Crippen LogP contribution in [-0.4, -0.2) is 18.5 Å². The average Bonchev–Trinajstić information content (AvgIpc) is 2.66. The number of thiol groups is 1. The van der Waals surface area contributed by atoms with Gasteiger partial charge in [-0.2, -0.15) is 12.6 Å². The van der Waals surface area contributed by atoms with E-state index in [1.807, 2.05) is 0 Å². The first-order chi connectivity index (χ1) is 8.35. The quantitative estimate of drug-likeness (QED) is 0.571. The Labute approximate surface area is 112 Å². The molecule has 0 spiro atoms. The van der Waals surface area contributed by atoms with Crippen LogP contribution >= 0.6 is 12.6 Å². The second kappa shape index (κ2) is 7.04. The lowest BCUT2D eigenvalue weighted by Gasteiger charge is -2.37. The molecule has 0 bridgehead atoms. The predicted molar refractivity (Wildman–Crippen MR) is 76.8 cm³/mol. The third-order valence-corrected chi connectivity index (χ3v) is 5.35. The average molecular weight is 256 g/mol. The van der Waals surface area contributed by atoms with Crippen LogP contribution in [0.15, 0.2) is 0 Å². The highest BCUT2D eigenvalue weighted by atomic mass is 32.1. The molecule has 2 aliphatic rings. The lowest BCUT2D eigenvalue weighted by atomic mass is 9.76. The van der Waals surface area contributed by atoms with Gasteiger partial charge in [-0.3, -0.25) is 0 Å². The van der Waals surface area contributed by atoms with Gasteiger partial charge in [0.25, 0.3) is 0 Å². The number of hydrogen-bond acceptors (Lipinski definition) is 2. The zero-order valence-electron chi connectivity index (χ0n) is 11.1. The largest absolute Gasteiger partial charge is 0.378 e. The van der Waals surface area contributed by atoms with Crippen molar-refractivity contribution in [2.24, 2.45) is 5.41 Å². The maximum Gasteiger partial charge on any atom is 0.0575 e. The topological polar surface area (TPSA) is 9.23 Å². The van der Waals surface area contributed by atoms with Gasteiger partial charge >= 0.3 is 0 Å². The van der Waals surface area contributed by atoms with Crippen LogP contribution < -0.4 is 0 Å². The van der Waals surface area contributed by atoms with Crippen molar-refractivity contribution in [3.8, 4) is 0 Å². The first-order valence-corrected chi connectivity index (χ1v) is 8.20. The number of rotatable bonds is 4. The van der Waals surface area contributed by atoms with Crippen molar-refractivity contribution in [3.63, 3.8) is 0 Å². The Hall–Kier alpha value is 0.310. The summed E-state index contributed by atoms with van der Waals surface area (Å²) in [6, 6.07) is 0. The third kappa shape index (κ3) is 4.17. The van der Waals surface area contributed by atoms with Crippen molar-refractivity contribution in [1.82, 2.24) is 0 Å². The van der Waals surface area contributed by atoms with Crippen LogP contribution in [0.5, 0.6) is 0 Å². The van der Waals surface area contributed by atoms with Crippen LogP contribution in [-0.2, 0) is 4.74 Å². The highest BCUT2D eigenvalue weighted by Gasteiger charge is 2.31. The zero-order valence-corrected chi connectivity index (χ0v) is 12.0. The first kappa shape index (κ1) is 13.7. The van der Waals surface area contributed by atoms with E-state index in [-0.39, 0.29) is 0 Å². The van der Waals surface area contributed by atoms with Crippen LogP contribution in [0.25, 0.3) is 0 Å². The van der Waals surface area contributed by atoms with Gasteiger partial charge in [0.2, 0.25) is 0 Å². The molecule has 0 heterocycles. The summed E-state index contributed by atoms with van der Waals surface area (Å²) >= 11 is 4.59. The lowest BCUT2D eigenvalue weighted by Crippen LogP contribution is -2.33. The van der Waals surface area contributed by atoms with E-state index in [4.69, 9.17) is 4.74 Å². The van der Waals surface area contributed by atoms with Crippen molar-refractivity contribution in [2.45, 2.75) is 76.7 Å². The molecule has 0 saturated heterocycles. The molecular formula is C15H28OS. The predicted octanol–water partition coefficient (Wildman–Crippen LogP) is 4.61. The summed E-state index contributed by atoms with van der Waals surface area (Å²) in [7, 11) is 0. The molecule has 0 aliphatic heterocycles. The molecule has 0 aromatic carbocycles. The van der Waals surface area contributed by atoms with E-state index in [9.17, 15) is 0 Å². The Kier molecular flexibility index (Phi) is 5.68. The minimum absolute atomic E-state index is 0.410. The first-order valence-electron chi connectivity index (χ1n) is 7.57. The van der Waals surface area contributed by atoms with Gasteiger partial charge in [-0.25, -0.2) is 0 Å². The summed E-state index contributed by atoms with van der Waals surface area (Å²) in [4.78, 5) is 0. The van der Waals surface area contributed by atoms with E-state index in [0.717, 1.165) is 12.4 Å². The molecule has 0 aromatic heterocycles. The van der Waals surface area contributed by atoms with E-state index >= 15 is 0 Å². The number of ether oxygens (including phenoxy) is 1. The van der Waals surface area contributed by atoms with E-state index < -0.39 is 0 Å². The fraction of sp³-hybridized carbons (Fsp3) is 1.00. The van der Waals surface area contributed by atoms with E-state index in [0.29, 0.717) is 11.5 Å². The molecule has 2 heteroatoms. The summed E-state index contributed by atoms with van der Waals surface area (Å²) < 4.78 is 6.25. The second-order valence-electron chi connectivity index (χ2n) is 6.14. The van der Waals surface area contributed by atoms with Crippen molar-refractivity contribution in [3.05, 3.63) is 0 Å². The molecule has 2 fully saturated rings. The molecule has 2 saturated carbocycles. The van der Waals surface area contributed by atoms with Gasteiger partial charge in [0, 0.05) is 5.41 Å². The molecule has 0 unspecified atom stereocenters. The van der Waals surface area contributed by atoms with Gasteiger partial charge in [0.05, 0.1) is 12.7 Å². The highest BCUT2D eigenvalue weighted by molar-refractivity contribution is 7.80. The summed E-state index contributed by atoms with van der Waals surface area (Å²) in [6.45, 7) is 0.973. The Balaban J connectivity index is 1.77. The third-order valence-electron chi connectivity index (χ3n) is 4.68. The minimum atomic E-state index is 0.410. The molecule has 1 nitrogen and oxygen atoms in total. The van der Waals surface area contributed by atoms with Crippen LogP contribution in [0, 0.1) is 5.41 Å². The second-order valence-corrected chi connectivity index (χ2v) is 6.46. The molecule has 0 aromatic rings. The summed E-state index contributed by atoms with van der Waals surface area (Å²) in [6.07, 6.45) is 15.6. The Morgan fingerprint density at radius 3 is 2.06 bits per heavy atom. The summed E-state index contributed by atoms with van der Waals surface area (Å²) in [5, 5.41) is 0. The van der Waals surface area contributed by atoms with Gasteiger partial charge in [-0.15, -0.1) is 0 Å². The van der Waals surface area contributed by atoms with Crippen molar-refractivity contribution < 1.29 is 4.74 Å². The fourth-order valence-electron chi connectivity index (χ4n) is 3.35. The van der Waals surface area contributed by atoms with Crippen molar-refractivity contribution in [2.75, 3.05) is 12.4 Å². The normalized spacial score (nSPS) is 26.6. The standard InChI is InChI=1S/C15H28OS/c17-13-15(10-6-3-7-11-15)12-16-14-8-4-1-2-5-9-14/h14,17H,1-13H2. The number of hydrogen-bond donors (Lipinski definition) is 1. The van der Waals surface area contributed by atoms with Gasteiger partial charge < -0.3 is 4.74 Å². The molecule has 0 N–H and O–H groups in total. The summed E-state index contributed by atoms with van der Waals surface area (Å²) in [5.41, 5.74) is 0.410. The molecule has 2 aliphatic carbocycles. The molecule has 100 valence electrons. The minimum Gasteiger partial charge on any atom is -0.378 e. The van der Waals surface area contributed by atoms with Crippen LogP contribution in [0.4, 0.5) is 0 Å². The molecule has 0 atom stereocenters. The van der Waals surface area contributed by atoms with Gasteiger partial charge in [-0.05, 0) is 31.4 Å². The maximum atomic E-state index is 6.25. The summed E-state index contributed by atoms with van der Waals surface area (Å²) in [5.74, 6) is 1.01. The van der Waals surface area contributed by atoms with Gasteiger partial charge in [0.1, 0.15) is 0 Å². The molecule has 0 radical (unpaired) electrons. The molecular weight excluding hydrogens is 228 g/mol. The van der Waals surface area contributed by atoms with Crippen LogP contribution in [0.2, 0.25) is 0 Å². The zero-order chi connectivity index (χ0) is 12.0. The van der Waals surface area contributed by atoms with Crippen molar-refractivity contribution >= 4 is 12.6 Å². The van der Waals surface area contributed by atoms with E-state index in [1.165, 1.54) is 70.6 Å². The van der Waals surface area contributed by atoms with Crippen LogP contribution in [0.3, 0.4) is 0 Å². The lowest BCUT2D eigenvalue weighted by molar-refractivity contribution is -0.0210. The SMILES string of the molecule is SCC1(COC2CCCCCC2)CCCCC1. The smallest absolute Gasteiger partial charge is 0.0575 e. The van der Waals surface area contributed by atoms with E-state index in [2.05, 4.69) is 12.6 Å². The van der Waals surface area contributed by atoms with Crippen LogP contribution in [0.1, 0.15) is 70.6 Å². The monoisotopic (exact) mass is 256 g/mol.